The molecule has 164 valence electrons. The fourth-order valence-corrected chi connectivity index (χ4v) is 2.81. The monoisotopic (exact) mass is 406 g/mol. The van der Waals surface area contributed by atoms with Crippen molar-refractivity contribution in [1.82, 2.24) is 0 Å². The van der Waals surface area contributed by atoms with Gasteiger partial charge in [0.15, 0.2) is 11.3 Å². The summed E-state index contributed by atoms with van der Waals surface area (Å²) in [5.74, 6) is -2.60. The molecule has 6 nitrogen and oxygen atoms in total. The SMILES string of the molecule is CC/C=C/C/C=C/C/C=C/CCCCCCCC(=O)[C@@](N)(CCC(N)=O)C(=O)O. The number of carboxylic acids is 1. The number of Topliss-reactive ketones (excluding diaryl/α,β-unsaturated/α-hetero) is 1. The van der Waals surface area contributed by atoms with Crippen LogP contribution in [0.3, 0.4) is 0 Å². The normalized spacial score (nSPS) is 14.0. The van der Waals surface area contributed by atoms with Crippen LogP contribution in [-0.2, 0) is 14.4 Å². The van der Waals surface area contributed by atoms with Crippen LogP contribution in [0.1, 0.15) is 84.0 Å². The topological polar surface area (TPSA) is 123 Å². The van der Waals surface area contributed by atoms with E-state index in [1.807, 2.05) is 0 Å². The van der Waals surface area contributed by atoms with Crippen molar-refractivity contribution in [2.75, 3.05) is 0 Å². The molecule has 0 saturated carbocycles. The maximum atomic E-state index is 12.2. The van der Waals surface area contributed by atoms with Crippen molar-refractivity contribution < 1.29 is 19.5 Å². The van der Waals surface area contributed by atoms with E-state index in [0.29, 0.717) is 6.42 Å². The third-order valence-corrected chi connectivity index (χ3v) is 4.70. The molecule has 0 unspecified atom stereocenters. The molecule has 0 aliphatic rings. The molecule has 5 N–H and O–H groups in total. The number of unbranched alkanes of at least 4 members (excludes halogenated alkanes) is 5. The third-order valence-electron chi connectivity index (χ3n) is 4.70. The standard InChI is InChI=1S/C23H38N2O4/c1-2-3-4-5-6-7-8-9-10-11-12-13-14-15-16-17-20(26)23(25,22(28)29)19-18-21(24)27/h3-4,6-7,9-10H,2,5,8,11-19,25H2,1H3,(H2,24,27)(H,28,29)/b4-3+,7-6+,10-9+/t23-/m0/s1. The van der Waals surface area contributed by atoms with Crippen molar-refractivity contribution in [3.63, 3.8) is 0 Å². The van der Waals surface area contributed by atoms with Gasteiger partial charge in [0.05, 0.1) is 0 Å². The van der Waals surface area contributed by atoms with E-state index in [9.17, 15) is 19.5 Å². The highest BCUT2D eigenvalue weighted by Crippen LogP contribution is 2.17. The van der Waals surface area contributed by atoms with Crippen LogP contribution < -0.4 is 11.5 Å². The van der Waals surface area contributed by atoms with E-state index in [1.54, 1.807) is 0 Å². The summed E-state index contributed by atoms with van der Waals surface area (Å²) < 4.78 is 0. The number of nitrogens with two attached hydrogens (primary N) is 2. The molecule has 1 atom stereocenters. The van der Waals surface area contributed by atoms with Gasteiger partial charge in [0.25, 0.3) is 0 Å². The van der Waals surface area contributed by atoms with Crippen LogP contribution in [-0.4, -0.2) is 28.3 Å². The summed E-state index contributed by atoms with van der Waals surface area (Å²) in [6.45, 7) is 2.13. The number of amides is 1. The van der Waals surface area contributed by atoms with Gasteiger partial charge in [-0.2, -0.15) is 0 Å². The van der Waals surface area contributed by atoms with Crippen LogP contribution in [0, 0.1) is 0 Å². The van der Waals surface area contributed by atoms with Gasteiger partial charge in [-0.3, -0.25) is 9.59 Å². The molecule has 6 heteroatoms. The molecule has 29 heavy (non-hydrogen) atoms. The Morgan fingerprint density at radius 3 is 1.97 bits per heavy atom. The van der Waals surface area contributed by atoms with E-state index >= 15 is 0 Å². The fourth-order valence-electron chi connectivity index (χ4n) is 2.81. The highest BCUT2D eigenvalue weighted by Gasteiger charge is 2.41. The van der Waals surface area contributed by atoms with E-state index in [-0.39, 0.29) is 19.3 Å². The van der Waals surface area contributed by atoms with Gasteiger partial charge < -0.3 is 16.6 Å². The molecule has 0 rings (SSSR count). The highest BCUT2D eigenvalue weighted by molar-refractivity contribution is 6.07. The zero-order chi connectivity index (χ0) is 22.0. The van der Waals surface area contributed by atoms with Gasteiger partial charge >= 0.3 is 5.97 Å². The summed E-state index contributed by atoms with van der Waals surface area (Å²) in [7, 11) is 0. The molecule has 1 amide bonds. The Balaban J connectivity index is 3.83. The first-order valence-electron chi connectivity index (χ1n) is 10.6. The summed E-state index contributed by atoms with van der Waals surface area (Å²) in [5, 5.41) is 9.23. The summed E-state index contributed by atoms with van der Waals surface area (Å²) in [6.07, 6.45) is 21.4. The number of rotatable bonds is 18. The molecule has 0 heterocycles. The molecule has 0 aromatic rings. The molecule has 0 aromatic heterocycles. The lowest BCUT2D eigenvalue weighted by molar-refractivity contribution is -0.148. The number of primary amides is 1. The van der Waals surface area contributed by atoms with E-state index in [0.717, 1.165) is 51.4 Å². The molecule has 0 aliphatic heterocycles. The van der Waals surface area contributed by atoms with Gasteiger partial charge in [-0.1, -0.05) is 62.6 Å². The first-order chi connectivity index (χ1) is 13.8. The van der Waals surface area contributed by atoms with Gasteiger partial charge in [-0.15, -0.1) is 0 Å². The van der Waals surface area contributed by atoms with Gasteiger partial charge in [-0.25, -0.2) is 4.79 Å². The second-order valence-corrected chi connectivity index (χ2v) is 7.27. The number of ketones is 1. The number of allylic oxidation sites excluding steroid dienone is 6. The molecule has 0 aromatic carbocycles. The average molecular weight is 407 g/mol. The van der Waals surface area contributed by atoms with Crippen molar-refractivity contribution in [2.45, 2.75) is 89.5 Å². The average Bonchev–Trinajstić information content (AvgIpc) is 2.68. The van der Waals surface area contributed by atoms with Gasteiger partial charge in [0.1, 0.15) is 0 Å². The van der Waals surface area contributed by atoms with Crippen LogP contribution in [0.5, 0.6) is 0 Å². The second-order valence-electron chi connectivity index (χ2n) is 7.27. The second kappa shape index (κ2) is 16.7. The van der Waals surface area contributed by atoms with Crippen LogP contribution in [0.15, 0.2) is 36.5 Å². The largest absolute Gasteiger partial charge is 0.480 e. The Labute approximate surface area is 175 Å². The number of hydrogen-bond donors (Lipinski definition) is 3. The maximum absolute atomic E-state index is 12.2. The number of aliphatic carboxylic acids is 1. The summed E-state index contributed by atoms with van der Waals surface area (Å²) in [5.41, 5.74) is 8.73. The minimum absolute atomic E-state index is 0.112. The molecule has 0 aliphatic carbocycles. The van der Waals surface area contributed by atoms with Crippen molar-refractivity contribution in [3.8, 4) is 0 Å². The third kappa shape index (κ3) is 13.6. The molecule has 0 saturated heterocycles. The molecule has 0 radical (unpaired) electrons. The fraction of sp³-hybridized carbons (Fsp3) is 0.609. The lowest BCUT2D eigenvalue weighted by Crippen LogP contribution is -2.55. The van der Waals surface area contributed by atoms with E-state index in [1.165, 1.54) is 0 Å². The van der Waals surface area contributed by atoms with Crippen LogP contribution in [0.25, 0.3) is 0 Å². The molecule has 0 spiro atoms. The first-order valence-corrected chi connectivity index (χ1v) is 10.6. The van der Waals surface area contributed by atoms with Gasteiger partial charge in [-0.05, 0) is 44.9 Å². The summed E-state index contributed by atoms with van der Waals surface area (Å²) in [6, 6.07) is 0. The zero-order valence-electron chi connectivity index (χ0n) is 17.8. The Hall–Kier alpha value is -2.21. The van der Waals surface area contributed by atoms with E-state index in [4.69, 9.17) is 11.5 Å². The Bertz CT molecular complexity index is 581. The van der Waals surface area contributed by atoms with Gasteiger partial charge in [0, 0.05) is 12.8 Å². The zero-order valence-corrected chi connectivity index (χ0v) is 17.8. The molecular weight excluding hydrogens is 368 g/mol. The minimum atomic E-state index is -2.01. The van der Waals surface area contributed by atoms with Gasteiger partial charge in [0.2, 0.25) is 5.91 Å². The van der Waals surface area contributed by atoms with Crippen molar-refractivity contribution in [2.24, 2.45) is 11.5 Å². The van der Waals surface area contributed by atoms with E-state index in [2.05, 4.69) is 43.4 Å². The van der Waals surface area contributed by atoms with Crippen LogP contribution in [0.4, 0.5) is 0 Å². The molecule has 0 fully saturated rings. The quantitative estimate of drug-likeness (QED) is 0.179. The Morgan fingerprint density at radius 1 is 0.828 bits per heavy atom. The molecular formula is C23H38N2O4. The number of hydrogen-bond acceptors (Lipinski definition) is 4. The van der Waals surface area contributed by atoms with Crippen molar-refractivity contribution in [1.29, 1.82) is 0 Å². The Kier molecular flexibility index (Phi) is 15.4. The lowest BCUT2D eigenvalue weighted by Gasteiger charge is -2.22. The summed E-state index contributed by atoms with van der Waals surface area (Å²) >= 11 is 0. The van der Waals surface area contributed by atoms with Crippen molar-refractivity contribution >= 4 is 17.7 Å². The lowest BCUT2D eigenvalue weighted by atomic mass is 9.87. The highest BCUT2D eigenvalue weighted by atomic mass is 16.4. The number of carbonyl (C=O) groups is 3. The number of carbonyl (C=O) groups excluding carboxylic acids is 2. The Morgan fingerprint density at radius 2 is 1.38 bits per heavy atom. The van der Waals surface area contributed by atoms with Crippen LogP contribution >= 0.6 is 0 Å². The molecule has 0 bridgehead atoms. The first kappa shape index (κ1) is 26.8. The maximum Gasteiger partial charge on any atom is 0.331 e. The van der Waals surface area contributed by atoms with E-state index < -0.39 is 23.2 Å². The predicted molar refractivity (Wildman–Crippen MR) is 117 cm³/mol. The number of carboxylic acid groups (broad SMARTS) is 1. The smallest absolute Gasteiger partial charge is 0.331 e. The minimum Gasteiger partial charge on any atom is -0.480 e. The van der Waals surface area contributed by atoms with Crippen molar-refractivity contribution in [3.05, 3.63) is 36.5 Å². The summed E-state index contributed by atoms with van der Waals surface area (Å²) in [4.78, 5) is 34.4. The van der Waals surface area contributed by atoms with Crippen LogP contribution in [0.2, 0.25) is 0 Å². The predicted octanol–water partition coefficient (Wildman–Crippen LogP) is 4.19.